The highest BCUT2D eigenvalue weighted by Gasteiger charge is 2.00. The molecule has 0 unspecified atom stereocenters. The largest absolute Gasteiger partial charge is 0.387 e. The summed E-state index contributed by atoms with van der Waals surface area (Å²) in [7, 11) is 0. The molecule has 0 radical (unpaired) electrons. The summed E-state index contributed by atoms with van der Waals surface area (Å²) >= 11 is 4.58. The predicted octanol–water partition coefficient (Wildman–Crippen LogP) is 1.40. The molecule has 1 aromatic rings. The fraction of sp³-hybridized carbons (Fsp3) is 0. The fourth-order valence-corrected chi connectivity index (χ4v) is 0.871. The van der Waals surface area contributed by atoms with Crippen LogP contribution in [-0.2, 0) is 0 Å². The first-order valence-corrected chi connectivity index (χ1v) is 4.33. The maximum absolute atomic E-state index is 12.5. The van der Waals surface area contributed by atoms with Crippen molar-refractivity contribution < 1.29 is 4.39 Å². The standard InChI is InChI=1S/C9H7FN4S/c10-6-1-3-7(4-2-6)13-14-8(5-11)9(12)15/h1-4,13H,(H2,12,15)/b14-8+. The molecule has 0 fully saturated rings. The molecule has 0 aliphatic carbocycles. The molecular weight excluding hydrogens is 215 g/mol. The smallest absolute Gasteiger partial charge is 0.194 e. The lowest BCUT2D eigenvalue weighted by Gasteiger charge is -2.00. The Morgan fingerprint density at radius 2 is 2.07 bits per heavy atom. The normalized spacial score (nSPS) is 10.5. The molecule has 15 heavy (non-hydrogen) atoms. The van der Waals surface area contributed by atoms with Gasteiger partial charge < -0.3 is 5.73 Å². The highest BCUT2D eigenvalue weighted by molar-refractivity contribution is 7.82. The molecule has 1 rings (SSSR count). The van der Waals surface area contributed by atoms with Crippen LogP contribution in [0.3, 0.4) is 0 Å². The monoisotopic (exact) mass is 222 g/mol. The molecule has 0 saturated heterocycles. The molecule has 0 atom stereocenters. The second-order valence-electron chi connectivity index (χ2n) is 2.56. The molecular formula is C9H7FN4S. The molecule has 3 N–H and O–H groups in total. The molecule has 0 heterocycles. The molecule has 6 heteroatoms. The number of nitrogens with zero attached hydrogens (tertiary/aromatic N) is 2. The van der Waals surface area contributed by atoms with Gasteiger partial charge in [0, 0.05) is 0 Å². The van der Waals surface area contributed by atoms with Crippen LogP contribution in [0.1, 0.15) is 0 Å². The molecule has 0 aliphatic heterocycles. The summed E-state index contributed by atoms with van der Waals surface area (Å²) in [6, 6.07) is 7.23. The van der Waals surface area contributed by atoms with E-state index in [9.17, 15) is 4.39 Å². The molecule has 4 nitrogen and oxygen atoms in total. The average molecular weight is 222 g/mol. The SMILES string of the molecule is N#C/C(=N\Nc1ccc(F)cc1)C(N)=S. The Hall–Kier alpha value is -2.00. The maximum Gasteiger partial charge on any atom is 0.194 e. The minimum atomic E-state index is -0.348. The minimum absolute atomic E-state index is 0.0747. The van der Waals surface area contributed by atoms with E-state index in [2.05, 4.69) is 22.7 Å². The lowest BCUT2D eigenvalue weighted by atomic mass is 10.3. The van der Waals surface area contributed by atoms with Crippen molar-refractivity contribution in [1.29, 1.82) is 5.26 Å². The number of nitrogens with one attached hydrogen (secondary N) is 1. The topological polar surface area (TPSA) is 74.2 Å². The van der Waals surface area contributed by atoms with E-state index in [1.165, 1.54) is 24.3 Å². The van der Waals surface area contributed by atoms with Gasteiger partial charge in [0.05, 0.1) is 5.69 Å². The zero-order valence-corrected chi connectivity index (χ0v) is 8.38. The number of hydrazone groups is 1. The van der Waals surface area contributed by atoms with Crippen molar-refractivity contribution in [2.45, 2.75) is 0 Å². The van der Waals surface area contributed by atoms with Gasteiger partial charge in [0.1, 0.15) is 16.9 Å². The van der Waals surface area contributed by atoms with E-state index in [4.69, 9.17) is 11.0 Å². The van der Waals surface area contributed by atoms with E-state index in [0.29, 0.717) is 5.69 Å². The van der Waals surface area contributed by atoms with Gasteiger partial charge in [-0.25, -0.2) is 4.39 Å². The fourth-order valence-electron chi connectivity index (χ4n) is 0.780. The van der Waals surface area contributed by atoms with Crippen LogP contribution >= 0.6 is 12.2 Å². The Kier molecular flexibility index (Phi) is 3.71. The highest BCUT2D eigenvalue weighted by atomic mass is 32.1. The van der Waals surface area contributed by atoms with Gasteiger partial charge in [-0.2, -0.15) is 10.4 Å². The molecule has 0 aromatic heterocycles. The summed E-state index contributed by atoms with van der Waals surface area (Å²) in [4.78, 5) is -0.0906. The Balaban J connectivity index is 2.76. The van der Waals surface area contributed by atoms with Crippen LogP contribution in [0.5, 0.6) is 0 Å². The van der Waals surface area contributed by atoms with E-state index in [-0.39, 0.29) is 16.5 Å². The van der Waals surface area contributed by atoms with Crippen LogP contribution in [0.2, 0.25) is 0 Å². The van der Waals surface area contributed by atoms with E-state index >= 15 is 0 Å². The Morgan fingerprint density at radius 3 is 2.53 bits per heavy atom. The van der Waals surface area contributed by atoms with Crippen molar-refractivity contribution >= 4 is 28.6 Å². The number of nitriles is 1. The van der Waals surface area contributed by atoms with Gasteiger partial charge in [0.2, 0.25) is 0 Å². The van der Waals surface area contributed by atoms with E-state index in [1.807, 2.05) is 0 Å². The summed E-state index contributed by atoms with van der Waals surface area (Å²) in [5.74, 6) is -0.348. The number of hydrogen-bond acceptors (Lipinski definition) is 4. The van der Waals surface area contributed by atoms with Crippen molar-refractivity contribution in [3.8, 4) is 6.07 Å². The van der Waals surface area contributed by atoms with Crippen molar-refractivity contribution in [2.24, 2.45) is 10.8 Å². The quantitative estimate of drug-likeness (QED) is 0.460. The highest BCUT2D eigenvalue weighted by Crippen LogP contribution is 2.07. The van der Waals surface area contributed by atoms with Gasteiger partial charge >= 0.3 is 0 Å². The second kappa shape index (κ2) is 5.02. The minimum Gasteiger partial charge on any atom is -0.387 e. The van der Waals surface area contributed by atoms with Crippen molar-refractivity contribution in [3.63, 3.8) is 0 Å². The van der Waals surface area contributed by atoms with Gasteiger partial charge in [-0.15, -0.1) is 0 Å². The number of nitrogens with two attached hydrogens (primary N) is 1. The third-order valence-corrected chi connectivity index (χ3v) is 1.67. The van der Waals surface area contributed by atoms with Gasteiger partial charge in [-0.1, -0.05) is 12.2 Å². The molecule has 0 amide bonds. The molecule has 0 aliphatic rings. The third kappa shape index (κ3) is 3.32. The number of benzene rings is 1. The molecule has 0 saturated carbocycles. The Morgan fingerprint density at radius 1 is 1.47 bits per heavy atom. The Bertz CT molecular complexity index is 432. The van der Waals surface area contributed by atoms with Crippen molar-refractivity contribution in [3.05, 3.63) is 30.1 Å². The van der Waals surface area contributed by atoms with E-state index in [1.54, 1.807) is 6.07 Å². The number of halogens is 1. The summed E-state index contributed by atoms with van der Waals surface area (Å²) in [5.41, 5.74) is 8.22. The lowest BCUT2D eigenvalue weighted by molar-refractivity contribution is 0.628. The molecule has 1 aromatic carbocycles. The average Bonchev–Trinajstić information content (AvgIpc) is 2.21. The maximum atomic E-state index is 12.5. The first-order chi connectivity index (χ1) is 7.13. The van der Waals surface area contributed by atoms with Crippen LogP contribution in [0.4, 0.5) is 10.1 Å². The number of hydrogen-bond donors (Lipinski definition) is 2. The van der Waals surface area contributed by atoms with Crippen molar-refractivity contribution in [2.75, 3.05) is 5.43 Å². The van der Waals surface area contributed by atoms with Crippen LogP contribution in [0, 0.1) is 17.1 Å². The van der Waals surface area contributed by atoms with E-state index < -0.39 is 0 Å². The lowest BCUT2D eigenvalue weighted by Crippen LogP contribution is -2.20. The third-order valence-electron chi connectivity index (χ3n) is 1.48. The van der Waals surface area contributed by atoms with Crippen LogP contribution < -0.4 is 11.2 Å². The molecule has 76 valence electrons. The molecule has 0 spiro atoms. The predicted molar refractivity (Wildman–Crippen MR) is 59.9 cm³/mol. The van der Waals surface area contributed by atoms with Gasteiger partial charge in [0.25, 0.3) is 0 Å². The summed E-state index contributed by atoms with van der Waals surface area (Å²) in [5, 5.41) is 12.2. The first-order valence-electron chi connectivity index (χ1n) is 3.92. The zero-order valence-electron chi connectivity index (χ0n) is 7.57. The molecule has 0 bridgehead atoms. The van der Waals surface area contributed by atoms with Gasteiger partial charge in [-0.3, -0.25) is 5.43 Å². The summed E-state index contributed by atoms with van der Waals surface area (Å²) in [6.07, 6.45) is 0. The Labute approximate surface area is 91.2 Å². The second-order valence-corrected chi connectivity index (χ2v) is 2.99. The number of anilines is 1. The first kappa shape index (κ1) is 11.1. The van der Waals surface area contributed by atoms with Crippen LogP contribution in [0.15, 0.2) is 29.4 Å². The number of rotatable bonds is 3. The summed E-state index contributed by atoms with van der Waals surface area (Å²) in [6.45, 7) is 0. The van der Waals surface area contributed by atoms with Gasteiger partial charge in [-0.05, 0) is 24.3 Å². The van der Waals surface area contributed by atoms with Crippen LogP contribution in [-0.4, -0.2) is 10.7 Å². The van der Waals surface area contributed by atoms with E-state index in [0.717, 1.165) is 0 Å². The van der Waals surface area contributed by atoms with Crippen LogP contribution in [0.25, 0.3) is 0 Å². The number of thiocarbonyl (C=S) groups is 1. The summed E-state index contributed by atoms with van der Waals surface area (Å²) < 4.78 is 12.5. The van der Waals surface area contributed by atoms with Crippen molar-refractivity contribution in [1.82, 2.24) is 0 Å². The zero-order chi connectivity index (χ0) is 11.3. The van der Waals surface area contributed by atoms with Gasteiger partial charge in [0.15, 0.2) is 5.71 Å².